The second kappa shape index (κ2) is 7.11. The lowest BCUT2D eigenvalue weighted by Gasteiger charge is -2.17. The molecule has 5 nitrogen and oxygen atoms in total. The van der Waals surface area contributed by atoms with Crippen molar-refractivity contribution in [3.05, 3.63) is 46.8 Å². The highest BCUT2D eigenvalue weighted by Gasteiger charge is 2.22. The minimum atomic E-state index is -0.0801. The van der Waals surface area contributed by atoms with Crippen molar-refractivity contribution < 1.29 is 14.1 Å². The summed E-state index contributed by atoms with van der Waals surface area (Å²) in [4.78, 5) is 14.1. The number of likely N-dealkylation sites (N-methyl/N-ethyl adjacent to an activating group) is 1. The number of amides is 1. The van der Waals surface area contributed by atoms with Gasteiger partial charge in [0.05, 0.1) is 12.2 Å². The van der Waals surface area contributed by atoms with Gasteiger partial charge >= 0.3 is 0 Å². The van der Waals surface area contributed by atoms with Crippen LogP contribution in [-0.4, -0.2) is 36.2 Å². The van der Waals surface area contributed by atoms with Gasteiger partial charge in [-0.2, -0.15) is 0 Å². The van der Waals surface area contributed by atoms with Crippen molar-refractivity contribution in [2.24, 2.45) is 0 Å². The van der Waals surface area contributed by atoms with Crippen molar-refractivity contribution in [3.8, 4) is 5.75 Å². The van der Waals surface area contributed by atoms with Gasteiger partial charge < -0.3 is 14.2 Å². The van der Waals surface area contributed by atoms with E-state index in [9.17, 15) is 4.79 Å². The molecule has 0 spiro atoms. The van der Waals surface area contributed by atoms with Crippen LogP contribution < -0.4 is 4.74 Å². The summed E-state index contributed by atoms with van der Waals surface area (Å²) in [5, 5.41) is 3.92. The minimum Gasteiger partial charge on any atom is -0.492 e. The van der Waals surface area contributed by atoms with Crippen molar-refractivity contribution in [2.75, 3.05) is 20.2 Å². The van der Waals surface area contributed by atoms with Crippen molar-refractivity contribution in [1.82, 2.24) is 10.1 Å². The van der Waals surface area contributed by atoms with Crippen LogP contribution in [0.2, 0.25) is 0 Å². The molecule has 2 rings (SSSR count). The fourth-order valence-electron chi connectivity index (χ4n) is 2.23. The van der Waals surface area contributed by atoms with Crippen molar-refractivity contribution >= 4 is 5.91 Å². The Morgan fingerprint density at radius 2 is 2.14 bits per heavy atom. The number of rotatable bonds is 6. The number of nitrogens with zero attached hydrogens (tertiary/aromatic N) is 2. The van der Waals surface area contributed by atoms with E-state index in [0.717, 1.165) is 11.3 Å². The Morgan fingerprint density at radius 1 is 1.36 bits per heavy atom. The molecule has 0 atom stereocenters. The first-order valence-electron chi connectivity index (χ1n) is 7.43. The number of ether oxygens (including phenoxy) is 1. The zero-order valence-corrected chi connectivity index (χ0v) is 13.5. The molecule has 0 N–H and O–H groups in total. The van der Waals surface area contributed by atoms with Crippen LogP contribution in [0.4, 0.5) is 0 Å². The van der Waals surface area contributed by atoms with Crippen molar-refractivity contribution in [1.29, 1.82) is 0 Å². The Hall–Kier alpha value is -2.30. The van der Waals surface area contributed by atoms with Crippen molar-refractivity contribution in [2.45, 2.75) is 27.2 Å². The third-order valence-corrected chi connectivity index (χ3v) is 3.51. The third kappa shape index (κ3) is 3.67. The molecule has 0 aliphatic heterocycles. The third-order valence-electron chi connectivity index (χ3n) is 3.51. The van der Waals surface area contributed by atoms with Gasteiger partial charge in [-0.1, -0.05) is 24.2 Å². The van der Waals surface area contributed by atoms with Crippen LogP contribution in [0.25, 0.3) is 0 Å². The predicted octanol–water partition coefficient (Wildman–Crippen LogP) is 3.00. The summed E-state index contributed by atoms with van der Waals surface area (Å²) in [6.07, 6.45) is 0.673. The van der Waals surface area contributed by atoms with Gasteiger partial charge in [-0.05, 0) is 38.0 Å². The van der Waals surface area contributed by atoms with Gasteiger partial charge in [-0.15, -0.1) is 0 Å². The molecule has 0 bridgehead atoms. The van der Waals surface area contributed by atoms with Crippen LogP contribution in [0.15, 0.2) is 28.8 Å². The van der Waals surface area contributed by atoms with E-state index in [1.807, 2.05) is 38.1 Å². The quantitative estimate of drug-likeness (QED) is 0.823. The molecule has 1 aromatic carbocycles. The first-order valence-corrected chi connectivity index (χ1v) is 7.43. The van der Waals surface area contributed by atoms with E-state index in [1.165, 1.54) is 0 Å². The smallest absolute Gasteiger partial charge is 0.259 e. The summed E-state index contributed by atoms with van der Waals surface area (Å²) in [5.74, 6) is 1.30. The maximum Gasteiger partial charge on any atom is 0.259 e. The van der Waals surface area contributed by atoms with Crippen molar-refractivity contribution in [3.63, 3.8) is 0 Å². The fourth-order valence-corrected chi connectivity index (χ4v) is 2.23. The van der Waals surface area contributed by atoms with E-state index in [-0.39, 0.29) is 5.91 Å². The molecule has 0 unspecified atom stereocenters. The van der Waals surface area contributed by atoms with Gasteiger partial charge in [-0.25, -0.2) is 0 Å². The van der Waals surface area contributed by atoms with Gasteiger partial charge in [0.2, 0.25) is 0 Å². The highest BCUT2D eigenvalue weighted by atomic mass is 16.5. The zero-order valence-electron chi connectivity index (χ0n) is 13.5. The van der Waals surface area contributed by atoms with E-state index in [1.54, 1.807) is 18.9 Å². The first kappa shape index (κ1) is 16.1. The Balaban J connectivity index is 1.93. The predicted molar refractivity (Wildman–Crippen MR) is 84.3 cm³/mol. The average Bonchev–Trinajstić information content (AvgIpc) is 2.87. The molecule has 118 valence electrons. The molecule has 1 aromatic heterocycles. The summed E-state index contributed by atoms with van der Waals surface area (Å²) >= 11 is 0. The van der Waals surface area contributed by atoms with Crippen LogP contribution in [0.1, 0.15) is 34.3 Å². The maximum absolute atomic E-state index is 12.5. The number of hydrogen-bond acceptors (Lipinski definition) is 4. The summed E-state index contributed by atoms with van der Waals surface area (Å²) in [5.41, 5.74) is 2.42. The molecule has 0 radical (unpaired) electrons. The lowest BCUT2D eigenvalue weighted by atomic mass is 10.1. The molecule has 2 aromatic rings. The Bertz CT molecular complexity index is 649. The molecule has 22 heavy (non-hydrogen) atoms. The zero-order chi connectivity index (χ0) is 16.1. The number of hydrogen-bond donors (Lipinski definition) is 0. The number of benzene rings is 1. The maximum atomic E-state index is 12.5. The Labute approximate surface area is 130 Å². The largest absolute Gasteiger partial charge is 0.492 e. The van der Waals surface area contributed by atoms with E-state index in [2.05, 4.69) is 5.16 Å². The molecule has 0 saturated heterocycles. The molecular formula is C17H22N2O3. The van der Waals surface area contributed by atoms with Gasteiger partial charge in [-0.3, -0.25) is 4.79 Å². The van der Waals surface area contributed by atoms with Crippen LogP contribution in [0.3, 0.4) is 0 Å². The van der Waals surface area contributed by atoms with Crippen LogP contribution in [0, 0.1) is 13.8 Å². The van der Waals surface area contributed by atoms with Gasteiger partial charge in [0.15, 0.2) is 0 Å². The number of aryl methyl sites for hydroxylation is 3. The van der Waals surface area contributed by atoms with E-state index in [4.69, 9.17) is 9.26 Å². The monoisotopic (exact) mass is 302 g/mol. The lowest BCUT2D eigenvalue weighted by molar-refractivity contribution is 0.0771. The summed E-state index contributed by atoms with van der Waals surface area (Å²) < 4.78 is 10.8. The topological polar surface area (TPSA) is 55.6 Å². The molecule has 0 fully saturated rings. The average molecular weight is 302 g/mol. The Kier molecular flexibility index (Phi) is 5.20. The van der Waals surface area contributed by atoms with Crippen LogP contribution in [0.5, 0.6) is 5.75 Å². The summed E-state index contributed by atoms with van der Waals surface area (Å²) in [6, 6.07) is 7.85. The SMILES string of the molecule is CCc1noc(C)c1C(=O)N(C)CCOc1cccc(C)c1. The minimum absolute atomic E-state index is 0.0801. The van der Waals surface area contributed by atoms with Gasteiger partial charge in [0.1, 0.15) is 23.7 Å². The highest BCUT2D eigenvalue weighted by molar-refractivity contribution is 5.96. The standard InChI is InChI=1S/C17H22N2O3/c1-5-15-16(13(3)22-18-15)17(20)19(4)9-10-21-14-8-6-7-12(2)11-14/h6-8,11H,5,9-10H2,1-4H3. The second-order valence-electron chi connectivity index (χ2n) is 5.31. The summed E-state index contributed by atoms with van der Waals surface area (Å²) in [7, 11) is 1.76. The number of carbonyl (C=O) groups is 1. The fraction of sp³-hybridized carbons (Fsp3) is 0.412. The number of carbonyl (C=O) groups excluding carboxylic acids is 1. The molecule has 0 saturated carbocycles. The normalized spacial score (nSPS) is 10.5. The van der Waals surface area contributed by atoms with E-state index >= 15 is 0 Å². The van der Waals surface area contributed by atoms with Crippen LogP contribution in [-0.2, 0) is 6.42 Å². The van der Waals surface area contributed by atoms with Crippen LogP contribution >= 0.6 is 0 Å². The van der Waals surface area contributed by atoms with E-state index in [0.29, 0.717) is 36.6 Å². The molecular weight excluding hydrogens is 280 g/mol. The molecule has 0 aliphatic carbocycles. The van der Waals surface area contributed by atoms with Gasteiger partial charge in [0.25, 0.3) is 5.91 Å². The highest BCUT2D eigenvalue weighted by Crippen LogP contribution is 2.16. The number of aromatic nitrogens is 1. The lowest BCUT2D eigenvalue weighted by Crippen LogP contribution is -2.31. The summed E-state index contributed by atoms with van der Waals surface area (Å²) in [6.45, 7) is 6.67. The first-order chi connectivity index (χ1) is 10.5. The second-order valence-corrected chi connectivity index (χ2v) is 5.31. The molecule has 1 amide bonds. The molecule has 0 aliphatic rings. The Morgan fingerprint density at radius 3 is 2.82 bits per heavy atom. The van der Waals surface area contributed by atoms with E-state index < -0.39 is 0 Å². The molecule has 5 heteroatoms. The molecule has 1 heterocycles. The van der Waals surface area contributed by atoms with Gasteiger partial charge in [0, 0.05) is 7.05 Å².